The monoisotopic (exact) mass is 509 g/mol. The van der Waals surface area contributed by atoms with Crippen molar-refractivity contribution < 1.29 is 23.9 Å². The van der Waals surface area contributed by atoms with Crippen LogP contribution in [0.15, 0.2) is 70.8 Å². The fraction of sp³-hybridized carbons (Fsp3) is 0.120. The van der Waals surface area contributed by atoms with Gasteiger partial charge in [-0.15, -0.1) is 0 Å². The number of carbonyl (C=O) groups is 3. The molecular weight excluding hydrogens is 490 g/mol. The van der Waals surface area contributed by atoms with Crippen LogP contribution in [-0.2, 0) is 16.0 Å². The lowest BCUT2D eigenvalue weighted by Crippen LogP contribution is -2.46. The molecule has 10 heteroatoms. The molecule has 178 valence electrons. The minimum atomic E-state index is -1.16. The quantitative estimate of drug-likeness (QED) is 0.329. The van der Waals surface area contributed by atoms with Gasteiger partial charge in [-0.05, 0) is 42.0 Å². The van der Waals surface area contributed by atoms with Crippen molar-refractivity contribution in [2.75, 3.05) is 7.05 Å². The van der Waals surface area contributed by atoms with E-state index in [2.05, 4.69) is 10.6 Å². The van der Waals surface area contributed by atoms with Crippen LogP contribution in [0, 0.1) is 0 Å². The highest BCUT2D eigenvalue weighted by atomic mass is 35.5. The zero-order valence-corrected chi connectivity index (χ0v) is 20.0. The number of amides is 2. The van der Waals surface area contributed by atoms with Crippen LogP contribution in [-0.4, -0.2) is 46.0 Å². The van der Waals surface area contributed by atoms with Crippen LogP contribution >= 0.6 is 23.8 Å². The van der Waals surface area contributed by atoms with E-state index in [4.69, 9.17) is 28.2 Å². The maximum Gasteiger partial charge on any atom is 0.327 e. The molecule has 0 bridgehead atoms. The second kappa shape index (κ2) is 10.1. The Morgan fingerprint density at radius 1 is 1.20 bits per heavy atom. The van der Waals surface area contributed by atoms with Crippen molar-refractivity contribution in [1.29, 1.82) is 0 Å². The van der Waals surface area contributed by atoms with E-state index in [1.165, 1.54) is 13.1 Å². The summed E-state index contributed by atoms with van der Waals surface area (Å²) in [6, 6.07) is 16.1. The van der Waals surface area contributed by atoms with Crippen molar-refractivity contribution in [1.82, 2.24) is 15.5 Å². The van der Waals surface area contributed by atoms with E-state index in [1.54, 1.807) is 54.6 Å². The van der Waals surface area contributed by atoms with Crippen molar-refractivity contribution >= 4 is 52.8 Å². The number of carbonyl (C=O) groups excluding carboxylic acids is 2. The highest BCUT2D eigenvalue weighted by Gasteiger charge is 2.39. The maximum absolute atomic E-state index is 13.1. The molecule has 1 aromatic heterocycles. The zero-order valence-electron chi connectivity index (χ0n) is 18.4. The molecule has 35 heavy (non-hydrogen) atoms. The molecule has 1 aliphatic heterocycles. The molecule has 0 spiro atoms. The second-order valence-corrected chi connectivity index (χ2v) is 8.48. The molecule has 8 nitrogen and oxygen atoms in total. The standard InChI is InChI=1S/C25H20ClN3O5S/c1-27-22(30)17-9-7-15(12-18(17)26)21-10-8-16(34-21)13-19-23(31)29(25(35)28-19)20(24(32)33)11-14-5-3-2-4-6-14/h2-10,12-13,20H,11H2,1H3,(H,27,30)(H,28,35)(H,32,33). The molecule has 3 N–H and O–H groups in total. The summed E-state index contributed by atoms with van der Waals surface area (Å²) < 4.78 is 5.83. The Hall–Kier alpha value is -3.95. The Labute approximate surface area is 211 Å². The lowest BCUT2D eigenvalue weighted by Gasteiger charge is -2.22. The van der Waals surface area contributed by atoms with E-state index in [0.717, 1.165) is 10.5 Å². The van der Waals surface area contributed by atoms with Gasteiger partial charge >= 0.3 is 5.97 Å². The Bertz CT molecular complexity index is 1350. The fourth-order valence-electron chi connectivity index (χ4n) is 3.67. The maximum atomic E-state index is 13.1. The average Bonchev–Trinajstić information content (AvgIpc) is 3.42. The molecule has 1 aliphatic rings. The van der Waals surface area contributed by atoms with E-state index < -0.39 is 17.9 Å². The minimum absolute atomic E-state index is 0.00734. The van der Waals surface area contributed by atoms with Gasteiger partial charge in [0, 0.05) is 25.1 Å². The van der Waals surface area contributed by atoms with E-state index >= 15 is 0 Å². The first-order valence-electron chi connectivity index (χ1n) is 10.5. The van der Waals surface area contributed by atoms with Gasteiger partial charge in [-0.2, -0.15) is 0 Å². The average molecular weight is 510 g/mol. The first-order valence-corrected chi connectivity index (χ1v) is 11.3. The van der Waals surface area contributed by atoms with Gasteiger partial charge in [0.25, 0.3) is 11.8 Å². The molecule has 3 aromatic rings. The number of hydrogen-bond donors (Lipinski definition) is 3. The summed E-state index contributed by atoms with van der Waals surface area (Å²) in [4.78, 5) is 37.9. The Morgan fingerprint density at radius 2 is 1.94 bits per heavy atom. The summed E-state index contributed by atoms with van der Waals surface area (Å²) in [6.45, 7) is 0. The van der Waals surface area contributed by atoms with Crippen LogP contribution < -0.4 is 10.6 Å². The molecule has 2 amide bonds. The second-order valence-electron chi connectivity index (χ2n) is 7.68. The van der Waals surface area contributed by atoms with Gasteiger partial charge in [-0.1, -0.05) is 48.0 Å². The minimum Gasteiger partial charge on any atom is -0.480 e. The Kier molecular flexibility index (Phi) is 6.99. The smallest absolute Gasteiger partial charge is 0.327 e. The van der Waals surface area contributed by atoms with Gasteiger partial charge in [-0.3, -0.25) is 14.5 Å². The third-order valence-electron chi connectivity index (χ3n) is 5.42. The van der Waals surface area contributed by atoms with Gasteiger partial charge in [0.05, 0.1) is 10.6 Å². The lowest BCUT2D eigenvalue weighted by molar-refractivity contribution is -0.145. The number of halogens is 1. The highest BCUT2D eigenvalue weighted by Crippen LogP contribution is 2.28. The van der Waals surface area contributed by atoms with Crippen LogP contribution in [0.25, 0.3) is 17.4 Å². The number of carboxylic acid groups (broad SMARTS) is 1. The molecule has 0 radical (unpaired) electrons. The predicted octanol–water partition coefficient (Wildman–Crippen LogP) is 3.71. The van der Waals surface area contributed by atoms with Crippen molar-refractivity contribution in [3.05, 3.63) is 88.3 Å². The number of benzene rings is 2. The van der Waals surface area contributed by atoms with Crippen LogP contribution in [0.4, 0.5) is 0 Å². The third kappa shape index (κ3) is 5.11. The van der Waals surface area contributed by atoms with Crippen molar-refractivity contribution in [2.24, 2.45) is 0 Å². The van der Waals surface area contributed by atoms with Crippen molar-refractivity contribution in [3.8, 4) is 11.3 Å². The summed E-state index contributed by atoms with van der Waals surface area (Å²) in [5.41, 5.74) is 1.85. The highest BCUT2D eigenvalue weighted by molar-refractivity contribution is 7.80. The van der Waals surface area contributed by atoms with E-state index in [9.17, 15) is 19.5 Å². The number of nitrogens with zero attached hydrogens (tertiary/aromatic N) is 1. The van der Waals surface area contributed by atoms with Crippen LogP contribution in [0.1, 0.15) is 21.7 Å². The number of hydrogen-bond acceptors (Lipinski definition) is 5. The summed E-state index contributed by atoms with van der Waals surface area (Å²) >= 11 is 11.5. The molecule has 2 heterocycles. The van der Waals surface area contributed by atoms with Crippen molar-refractivity contribution in [2.45, 2.75) is 12.5 Å². The van der Waals surface area contributed by atoms with Gasteiger partial charge in [-0.25, -0.2) is 4.79 Å². The summed E-state index contributed by atoms with van der Waals surface area (Å²) in [5.74, 6) is -1.20. The van der Waals surface area contributed by atoms with Crippen molar-refractivity contribution in [3.63, 3.8) is 0 Å². The topological polar surface area (TPSA) is 112 Å². The number of rotatable bonds is 7. The van der Waals surface area contributed by atoms with Crippen LogP contribution in [0.2, 0.25) is 5.02 Å². The molecule has 1 atom stereocenters. The summed E-state index contributed by atoms with van der Waals surface area (Å²) in [5, 5.41) is 15.4. The number of furan rings is 1. The number of nitrogens with one attached hydrogen (secondary N) is 2. The predicted molar refractivity (Wildman–Crippen MR) is 135 cm³/mol. The van der Waals surface area contributed by atoms with Gasteiger partial charge in [0.15, 0.2) is 5.11 Å². The summed E-state index contributed by atoms with van der Waals surface area (Å²) in [7, 11) is 1.52. The molecule has 2 aromatic carbocycles. The zero-order chi connectivity index (χ0) is 25.1. The van der Waals surface area contributed by atoms with Gasteiger partial charge < -0.3 is 20.2 Å². The van der Waals surface area contributed by atoms with E-state index in [-0.39, 0.29) is 28.2 Å². The largest absolute Gasteiger partial charge is 0.480 e. The summed E-state index contributed by atoms with van der Waals surface area (Å²) in [6.07, 6.45) is 1.56. The van der Waals surface area contributed by atoms with Crippen LogP contribution in [0.5, 0.6) is 0 Å². The molecular formula is C25H20ClN3O5S. The van der Waals surface area contributed by atoms with Gasteiger partial charge in [0.2, 0.25) is 0 Å². The first kappa shape index (κ1) is 24.2. The fourth-order valence-corrected chi connectivity index (χ4v) is 4.26. The first-order chi connectivity index (χ1) is 16.8. The Balaban J connectivity index is 1.56. The molecule has 1 unspecified atom stereocenters. The Morgan fingerprint density at radius 3 is 2.60 bits per heavy atom. The normalized spacial score (nSPS) is 15.3. The van der Waals surface area contributed by atoms with Crippen LogP contribution in [0.3, 0.4) is 0 Å². The molecule has 1 fully saturated rings. The SMILES string of the molecule is CNC(=O)c1ccc(-c2ccc(C=C3NC(=S)N(C(Cc4ccccc4)C(=O)O)C3=O)o2)cc1Cl. The number of thiocarbonyl (C=S) groups is 1. The van der Waals surface area contributed by atoms with Gasteiger partial charge in [0.1, 0.15) is 23.3 Å². The van der Waals surface area contributed by atoms with E-state index in [0.29, 0.717) is 22.6 Å². The molecule has 0 saturated carbocycles. The number of carboxylic acids is 1. The molecule has 0 aliphatic carbocycles. The third-order valence-corrected chi connectivity index (χ3v) is 6.03. The lowest BCUT2D eigenvalue weighted by atomic mass is 10.0. The van der Waals surface area contributed by atoms with E-state index in [1.807, 2.05) is 6.07 Å². The number of aliphatic carboxylic acids is 1. The molecule has 1 saturated heterocycles. The molecule has 4 rings (SSSR count).